The molecule has 0 spiro atoms. The van der Waals surface area contributed by atoms with Gasteiger partial charge in [-0.2, -0.15) is 0 Å². The van der Waals surface area contributed by atoms with Gasteiger partial charge in [0, 0.05) is 30.6 Å². The van der Waals surface area contributed by atoms with E-state index in [9.17, 15) is 18.4 Å². The molecule has 0 unspecified atom stereocenters. The molecule has 6 nitrogen and oxygen atoms in total. The average Bonchev–Trinajstić information content (AvgIpc) is 3.35. The minimum absolute atomic E-state index is 0.147. The number of hydrogen-bond acceptors (Lipinski definition) is 5. The van der Waals surface area contributed by atoms with E-state index in [0.717, 1.165) is 12.0 Å². The second-order valence-corrected chi connectivity index (χ2v) is 9.14. The number of nitrogens with zero attached hydrogens (tertiary/aromatic N) is 2. The monoisotopic (exact) mass is 500 g/mol. The van der Waals surface area contributed by atoms with Gasteiger partial charge in [0.15, 0.2) is 0 Å². The molecule has 1 aliphatic heterocycles. The zero-order valence-corrected chi connectivity index (χ0v) is 20.1. The van der Waals surface area contributed by atoms with Crippen molar-refractivity contribution in [3.05, 3.63) is 87.6 Å². The maximum Gasteiger partial charge on any atom is 0.254 e. The summed E-state index contributed by atoms with van der Waals surface area (Å²) in [6.07, 6.45) is 0.718. The van der Waals surface area contributed by atoms with Gasteiger partial charge in [-0.1, -0.05) is 0 Å². The zero-order chi connectivity index (χ0) is 24.8. The van der Waals surface area contributed by atoms with Crippen LogP contribution in [-0.4, -0.2) is 61.6 Å². The fourth-order valence-electron chi connectivity index (χ4n) is 4.06. The van der Waals surface area contributed by atoms with Crippen LogP contribution in [0, 0.1) is 11.6 Å². The van der Waals surface area contributed by atoms with Crippen LogP contribution in [0.15, 0.2) is 60.0 Å². The van der Waals surface area contributed by atoms with Crippen LogP contribution >= 0.6 is 11.3 Å². The van der Waals surface area contributed by atoms with E-state index in [1.165, 1.54) is 53.3 Å². The maximum absolute atomic E-state index is 13.5. The Kier molecular flexibility index (Phi) is 8.09. The highest BCUT2D eigenvalue weighted by molar-refractivity contribution is 7.10. The normalized spacial score (nSPS) is 14.9. The number of rotatable bonds is 9. The Balaban J connectivity index is 1.51. The molecule has 9 heteroatoms. The van der Waals surface area contributed by atoms with Crippen LogP contribution in [0.25, 0.3) is 0 Å². The van der Waals surface area contributed by atoms with E-state index < -0.39 is 5.82 Å². The van der Waals surface area contributed by atoms with Gasteiger partial charge in [-0.25, -0.2) is 8.78 Å². The predicted octanol–water partition coefficient (Wildman–Crippen LogP) is 4.32. The van der Waals surface area contributed by atoms with Crippen molar-refractivity contribution in [2.75, 3.05) is 40.0 Å². The van der Waals surface area contributed by atoms with E-state index in [4.69, 9.17) is 9.47 Å². The quantitative estimate of drug-likeness (QED) is 0.439. The molecule has 3 aromatic rings. The Bertz CT molecular complexity index is 1150. The SMILES string of the molecule is COCCN(CC(=O)N1CCc2sccc2[C@H]1COc1ccc(F)cc1)C(=O)c1ccc(F)cc1. The summed E-state index contributed by atoms with van der Waals surface area (Å²) in [6.45, 7) is 1.02. The van der Waals surface area contributed by atoms with Crippen molar-refractivity contribution < 1.29 is 27.8 Å². The highest BCUT2D eigenvalue weighted by Gasteiger charge is 2.33. The first kappa shape index (κ1) is 24.8. The highest BCUT2D eigenvalue weighted by atomic mass is 32.1. The maximum atomic E-state index is 13.5. The molecule has 0 saturated carbocycles. The highest BCUT2D eigenvalue weighted by Crippen LogP contribution is 2.34. The number of carbonyl (C=O) groups excluding carboxylic acids is 2. The third-order valence-corrected chi connectivity index (χ3v) is 6.90. The zero-order valence-electron chi connectivity index (χ0n) is 19.3. The van der Waals surface area contributed by atoms with Gasteiger partial charge in [0.2, 0.25) is 5.91 Å². The summed E-state index contributed by atoms with van der Waals surface area (Å²) < 4.78 is 37.6. The Labute approximate surface area is 206 Å². The second-order valence-electron chi connectivity index (χ2n) is 8.14. The lowest BCUT2D eigenvalue weighted by Gasteiger charge is -2.37. The first-order chi connectivity index (χ1) is 17.0. The molecule has 0 radical (unpaired) electrons. The van der Waals surface area contributed by atoms with E-state index in [0.29, 0.717) is 17.9 Å². The number of ether oxygens (including phenoxy) is 2. The summed E-state index contributed by atoms with van der Waals surface area (Å²) in [5.41, 5.74) is 1.32. The van der Waals surface area contributed by atoms with Crippen molar-refractivity contribution in [2.24, 2.45) is 0 Å². The summed E-state index contributed by atoms with van der Waals surface area (Å²) in [7, 11) is 1.52. The molecule has 35 heavy (non-hydrogen) atoms. The first-order valence-electron chi connectivity index (χ1n) is 11.2. The molecule has 0 fully saturated rings. The van der Waals surface area contributed by atoms with Crippen molar-refractivity contribution in [3.8, 4) is 5.75 Å². The minimum Gasteiger partial charge on any atom is -0.491 e. The molecule has 0 bridgehead atoms. The van der Waals surface area contributed by atoms with Crippen molar-refractivity contribution in [1.29, 1.82) is 0 Å². The summed E-state index contributed by atoms with van der Waals surface area (Å²) in [5.74, 6) is -0.878. The number of carbonyl (C=O) groups is 2. The number of thiophene rings is 1. The van der Waals surface area contributed by atoms with Crippen LogP contribution in [0.2, 0.25) is 0 Å². The summed E-state index contributed by atoms with van der Waals surface area (Å²) in [5, 5.41) is 1.99. The van der Waals surface area contributed by atoms with Gasteiger partial charge in [-0.15, -0.1) is 11.3 Å². The molecule has 2 aromatic carbocycles. The molecule has 1 aliphatic rings. The lowest BCUT2D eigenvalue weighted by molar-refractivity contribution is -0.135. The molecule has 0 N–H and O–H groups in total. The molecule has 184 valence electrons. The van der Waals surface area contributed by atoms with E-state index in [1.54, 1.807) is 28.4 Å². The number of hydrogen-bond donors (Lipinski definition) is 0. The van der Waals surface area contributed by atoms with Crippen LogP contribution in [-0.2, 0) is 16.0 Å². The van der Waals surface area contributed by atoms with Crippen LogP contribution in [0.5, 0.6) is 5.75 Å². The summed E-state index contributed by atoms with van der Waals surface area (Å²) in [6, 6.07) is 12.6. The standard InChI is InChI=1S/C26H26F2N2O4S/c1-33-14-13-29(26(32)18-2-4-19(27)5-3-18)16-25(31)30-12-10-24-22(11-15-35-24)23(30)17-34-21-8-6-20(28)7-9-21/h2-9,11,15,23H,10,12-14,16-17H2,1H3/t23-/m1/s1. The van der Waals surface area contributed by atoms with Crippen LogP contribution in [0.4, 0.5) is 8.78 Å². The van der Waals surface area contributed by atoms with Gasteiger partial charge in [0.05, 0.1) is 12.6 Å². The Morgan fingerprint density at radius 1 is 1.06 bits per heavy atom. The topological polar surface area (TPSA) is 59.1 Å². The van der Waals surface area contributed by atoms with Gasteiger partial charge in [0.1, 0.15) is 30.5 Å². The Morgan fingerprint density at radius 2 is 1.74 bits per heavy atom. The molecule has 1 aromatic heterocycles. The molecule has 2 heterocycles. The van der Waals surface area contributed by atoms with Crippen LogP contribution < -0.4 is 4.74 Å². The lowest BCUT2D eigenvalue weighted by atomic mass is 10.0. The molecule has 4 rings (SSSR count). The summed E-state index contributed by atoms with van der Waals surface area (Å²) >= 11 is 1.64. The van der Waals surface area contributed by atoms with Gasteiger partial charge < -0.3 is 19.3 Å². The van der Waals surface area contributed by atoms with Crippen molar-refractivity contribution in [3.63, 3.8) is 0 Å². The number of halogens is 2. The van der Waals surface area contributed by atoms with E-state index in [2.05, 4.69) is 0 Å². The Hall–Kier alpha value is -3.30. The number of methoxy groups -OCH3 is 1. The van der Waals surface area contributed by atoms with Crippen LogP contribution in [0.1, 0.15) is 26.8 Å². The molecule has 0 saturated heterocycles. The largest absolute Gasteiger partial charge is 0.491 e. The number of benzene rings is 2. The first-order valence-corrected chi connectivity index (χ1v) is 12.1. The van der Waals surface area contributed by atoms with Crippen molar-refractivity contribution in [2.45, 2.75) is 12.5 Å². The van der Waals surface area contributed by atoms with Crippen molar-refractivity contribution in [1.82, 2.24) is 9.80 Å². The van der Waals surface area contributed by atoms with Crippen LogP contribution in [0.3, 0.4) is 0 Å². The van der Waals surface area contributed by atoms with Gasteiger partial charge in [-0.3, -0.25) is 9.59 Å². The van der Waals surface area contributed by atoms with Crippen molar-refractivity contribution >= 4 is 23.2 Å². The van der Waals surface area contributed by atoms with E-state index >= 15 is 0 Å². The predicted molar refractivity (Wildman–Crippen MR) is 129 cm³/mol. The Morgan fingerprint density at radius 3 is 2.43 bits per heavy atom. The smallest absolute Gasteiger partial charge is 0.254 e. The fraction of sp³-hybridized carbons (Fsp3) is 0.308. The molecular weight excluding hydrogens is 474 g/mol. The number of amides is 2. The number of fused-ring (bicyclic) bond motifs is 1. The minimum atomic E-state index is -0.440. The fourth-order valence-corrected chi connectivity index (χ4v) is 4.99. The van der Waals surface area contributed by atoms with Gasteiger partial charge in [0.25, 0.3) is 5.91 Å². The lowest BCUT2D eigenvalue weighted by Crippen LogP contribution is -2.48. The molecule has 2 amide bonds. The molecular formula is C26H26F2N2O4S. The van der Waals surface area contributed by atoms with Gasteiger partial charge >= 0.3 is 0 Å². The van der Waals surface area contributed by atoms with E-state index in [1.807, 2.05) is 11.4 Å². The average molecular weight is 501 g/mol. The second kappa shape index (κ2) is 11.4. The van der Waals surface area contributed by atoms with Gasteiger partial charge in [-0.05, 0) is 72.0 Å². The third kappa shape index (κ3) is 6.04. The van der Waals surface area contributed by atoms with E-state index in [-0.39, 0.29) is 50.0 Å². The third-order valence-electron chi connectivity index (χ3n) is 5.91. The molecule has 1 atom stereocenters. The molecule has 0 aliphatic carbocycles. The summed E-state index contributed by atoms with van der Waals surface area (Å²) in [4.78, 5) is 30.9.